The van der Waals surface area contributed by atoms with Crippen LogP contribution < -0.4 is 0 Å². The Hall–Kier alpha value is -2.32. The third-order valence-corrected chi connectivity index (χ3v) is 6.02. The van der Waals surface area contributed by atoms with Gasteiger partial charge < -0.3 is 9.84 Å². The molecule has 1 atom stereocenters. The van der Waals surface area contributed by atoms with Gasteiger partial charge in [-0.1, -0.05) is 0 Å². The average Bonchev–Trinajstić information content (AvgIpc) is 3.19. The van der Waals surface area contributed by atoms with Gasteiger partial charge in [0.2, 0.25) is 5.78 Å². The number of carbonyl (C=O) groups excluding carboxylic acids is 4. The Morgan fingerprint density at radius 3 is 2.64 bits per heavy atom. The number of fused-ring (bicyclic) bond motifs is 2. The summed E-state index contributed by atoms with van der Waals surface area (Å²) in [7, 11) is 0. The zero-order valence-electron chi connectivity index (χ0n) is 13.3. The lowest BCUT2D eigenvalue weighted by Gasteiger charge is -2.10. The minimum absolute atomic E-state index is 0.0161. The summed E-state index contributed by atoms with van der Waals surface area (Å²) in [5.41, 5.74) is 0.787. The quantitative estimate of drug-likeness (QED) is 0.484. The Balaban J connectivity index is 1.72. The Kier molecular flexibility index (Phi) is 4.82. The van der Waals surface area contributed by atoms with Gasteiger partial charge in [-0.15, -0.1) is 22.7 Å². The van der Waals surface area contributed by atoms with Crippen molar-refractivity contribution >= 4 is 46.2 Å². The minimum atomic E-state index is -0.712. The number of rotatable bonds is 6. The van der Waals surface area contributed by atoms with Gasteiger partial charge in [0.1, 0.15) is 12.5 Å². The van der Waals surface area contributed by atoms with Gasteiger partial charge in [-0.3, -0.25) is 14.4 Å². The first-order valence-electron chi connectivity index (χ1n) is 7.63. The van der Waals surface area contributed by atoms with Crippen molar-refractivity contribution in [2.24, 2.45) is 0 Å². The van der Waals surface area contributed by atoms with E-state index in [1.807, 2.05) is 0 Å². The van der Waals surface area contributed by atoms with E-state index in [1.165, 1.54) is 22.7 Å². The van der Waals surface area contributed by atoms with Crippen LogP contribution in [0.2, 0.25) is 0 Å². The van der Waals surface area contributed by atoms with Gasteiger partial charge in [0, 0.05) is 27.2 Å². The Morgan fingerprint density at radius 2 is 1.92 bits per heavy atom. The minimum Gasteiger partial charge on any atom is -0.565 e. The fraction of sp³-hybridized carbons (Fsp3) is 0.294. The molecule has 0 saturated carbocycles. The van der Waals surface area contributed by atoms with E-state index in [4.69, 9.17) is 9.84 Å². The molecule has 0 spiro atoms. The maximum Gasteiger partial charge on any atom is 0.515 e. The van der Waals surface area contributed by atoms with E-state index < -0.39 is 18.0 Å². The van der Waals surface area contributed by atoms with Crippen LogP contribution in [0.15, 0.2) is 17.5 Å². The molecule has 1 unspecified atom stereocenters. The van der Waals surface area contributed by atoms with E-state index in [9.17, 15) is 19.2 Å². The van der Waals surface area contributed by atoms with E-state index >= 15 is 0 Å². The molecule has 25 heavy (non-hydrogen) atoms. The van der Waals surface area contributed by atoms with Crippen LogP contribution in [0, 0.1) is 0 Å². The highest BCUT2D eigenvalue weighted by Crippen LogP contribution is 2.38. The molecule has 0 fully saturated rings. The normalized spacial score (nSPS) is 14.0. The first kappa shape index (κ1) is 17.5. The molecule has 8 heteroatoms. The summed E-state index contributed by atoms with van der Waals surface area (Å²) in [6.07, 6.45) is -0.253. The van der Waals surface area contributed by atoms with E-state index in [1.54, 1.807) is 24.4 Å². The molecule has 2 aromatic heterocycles. The molecule has 0 amide bonds. The summed E-state index contributed by atoms with van der Waals surface area (Å²) in [6.45, 7) is 1.68. The highest BCUT2D eigenvalue weighted by Gasteiger charge is 2.34. The molecule has 0 radical (unpaired) electrons. The van der Waals surface area contributed by atoms with Gasteiger partial charge in [0.15, 0.2) is 5.78 Å². The highest BCUT2D eigenvalue weighted by molar-refractivity contribution is 7.17. The van der Waals surface area contributed by atoms with Crippen LogP contribution in [0.5, 0.6) is 0 Å². The van der Waals surface area contributed by atoms with Crippen molar-refractivity contribution in [3.05, 3.63) is 43.3 Å². The molecule has 1 aliphatic rings. The lowest BCUT2D eigenvalue weighted by molar-refractivity contribution is -0.148. The maximum atomic E-state index is 12.5. The smallest absolute Gasteiger partial charge is 0.515 e. The molecule has 130 valence electrons. The molecule has 0 aliphatic heterocycles. The third kappa shape index (κ3) is 3.40. The summed E-state index contributed by atoms with van der Waals surface area (Å²) >= 11 is 2.42. The van der Waals surface area contributed by atoms with E-state index in [0.717, 1.165) is 0 Å². The first-order chi connectivity index (χ1) is 11.9. The van der Waals surface area contributed by atoms with Gasteiger partial charge in [0.25, 0.3) is 0 Å². The topological polar surface area (TPSA) is 100 Å². The Bertz CT molecular complexity index is 828. The number of hydrogen-bond donors (Lipinski definition) is 0. The molecule has 2 heterocycles. The van der Waals surface area contributed by atoms with Crippen molar-refractivity contribution in [2.45, 2.75) is 32.3 Å². The fourth-order valence-corrected chi connectivity index (χ4v) is 4.55. The Morgan fingerprint density at radius 1 is 1.16 bits per heavy atom. The SMILES string of the molecule is CC(OC(=O)CCCC(=O)[OH2+])c1cc2c(s1)C(=O)c1sccc1C2=O. The molecule has 0 aromatic carbocycles. The third-order valence-electron chi connectivity index (χ3n) is 3.81. The number of ketones is 2. The monoisotopic (exact) mass is 379 g/mol. The molecule has 0 bridgehead atoms. The molecule has 2 aromatic rings. The molecule has 6 nitrogen and oxygen atoms in total. The second-order valence-electron chi connectivity index (χ2n) is 5.62. The van der Waals surface area contributed by atoms with Gasteiger partial charge in [-0.2, -0.15) is 0 Å². The van der Waals surface area contributed by atoms with E-state index in [0.29, 0.717) is 25.8 Å². The van der Waals surface area contributed by atoms with Crippen molar-refractivity contribution in [3.63, 3.8) is 0 Å². The van der Waals surface area contributed by atoms with Crippen LogP contribution >= 0.6 is 22.7 Å². The predicted octanol–water partition coefficient (Wildman–Crippen LogP) is 2.61. The molecule has 2 N–H and O–H groups in total. The van der Waals surface area contributed by atoms with Gasteiger partial charge >= 0.3 is 11.9 Å². The van der Waals surface area contributed by atoms with Crippen LogP contribution in [-0.2, 0) is 14.3 Å². The Labute approximate surface area is 151 Å². The zero-order valence-corrected chi connectivity index (χ0v) is 14.9. The summed E-state index contributed by atoms with van der Waals surface area (Å²) < 4.78 is 5.30. The molecular formula is C17H15O6S2+. The number of thiophene rings is 2. The first-order valence-corrected chi connectivity index (χ1v) is 9.32. The molecular weight excluding hydrogens is 364 g/mol. The van der Waals surface area contributed by atoms with Crippen LogP contribution in [0.4, 0.5) is 0 Å². The van der Waals surface area contributed by atoms with Gasteiger partial charge in [-0.05, 0) is 30.9 Å². The van der Waals surface area contributed by atoms with Crippen LogP contribution in [-0.4, -0.2) is 28.6 Å². The van der Waals surface area contributed by atoms with Crippen molar-refractivity contribution in [3.8, 4) is 0 Å². The second kappa shape index (κ2) is 6.89. The van der Waals surface area contributed by atoms with Crippen molar-refractivity contribution in [1.29, 1.82) is 0 Å². The average molecular weight is 379 g/mol. The van der Waals surface area contributed by atoms with Gasteiger partial charge in [-0.25, -0.2) is 0 Å². The molecule has 0 saturated heterocycles. The van der Waals surface area contributed by atoms with Gasteiger partial charge in [0.05, 0.1) is 9.75 Å². The van der Waals surface area contributed by atoms with Crippen molar-refractivity contribution in [2.75, 3.05) is 0 Å². The number of esters is 1. The van der Waals surface area contributed by atoms with Crippen LogP contribution in [0.3, 0.4) is 0 Å². The standard InChI is InChI=1S/C17H14O6S2/c1-8(23-13(20)4-2-3-12(18)19)11-7-10-14(21)9-5-6-24-16(9)15(22)17(10)25-11/h5-8H,2-4H2,1H3,(H,18,19)/p+1. The lowest BCUT2D eigenvalue weighted by Crippen LogP contribution is -2.15. The second-order valence-corrected chi connectivity index (χ2v) is 7.62. The largest absolute Gasteiger partial charge is 0.565 e. The fourth-order valence-electron chi connectivity index (χ4n) is 2.57. The summed E-state index contributed by atoms with van der Waals surface area (Å²) in [4.78, 5) is 48.8. The summed E-state index contributed by atoms with van der Waals surface area (Å²) in [5, 5.41) is 8.53. The number of hydrogen-bond acceptors (Lipinski definition) is 7. The lowest BCUT2D eigenvalue weighted by atomic mass is 9.95. The number of carbonyl (C=O) groups is 4. The van der Waals surface area contributed by atoms with Crippen molar-refractivity contribution < 1.29 is 29.0 Å². The maximum absolute atomic E-state index is 12.5. The molecule has 3 rings (SSSR count). The summed E-state index contributed by atoms with van der Waals surface area (Å²) in [5.74, 6) is -1.53. The number of ether oxygens (including phenoxy) is 1. The van der Waals surface area contributed by atoms with Crippen LogP contribution in [0.1, 0.15) is 67.6 Å². The highest BCUT2D eigenvalue weighted by atomic mass is 32.1. The predicted molar refractivity (Wildman–Crippen MR) is 92.5 cm³/mol. The summed E-state index contributed by atoms with van der Waals surface area (Å²) in [6, 6.07) is 3.27. The zero-order chi connectivity index (χ0) is 18.1. The van der Waals surface area contributed by atoms with Crippen molar-refractivity contribution in [1.82, 2.24) is 0 Å². The molecule has 1 aliphatic carbocycles. The van der Waals surface area contributed by atoms with Crippen LogP contribution in [0.25, 0.3) is 0 Å². The van der Waals surface area contributed by atoms with E-state index in [-0.39, 0.29) is 30.8 Å². The van der Waals surface area contributed by atoms with E-state index in [2.05, 4.69) is 0 Å².